The van der Waals surface area contributed by atoms with E-state index < -0.39 is 0 Å². The number of aromatic nitrogens is 1. The molecule has 0 aliphatic rings. The topological polar surface area (TPSA) is 15.8 Å². The zero-order valence-electron chi connectivity index (χ0n) is 15.1. The summed E-state index contributed by atoms with van der Waals surface area (Å²) >= 11 is 0. The highest BCUT2D eigenvalue weighted by atomic mass is 14.7. The zero-order chi connectivity index (χ0) is 17.6. The van der Waals surface area contributed by atoms with Crippen molar-refractivity contribution in [1.29, 1.82) is 0 Å². The fourth-order valence-electron chi connectivity index (χ4n) is 3.79. The molecule has 0 saturated heterocycles. The second kappa shape index (κ2) is 8.05. The van der Waals surface area contributed by atoms with Gasteiger partial charge in [0.25, 0.3) is 0 Å². The predicted octanol–water partition coefficient (Wildman–Crippen LogP) is 6.20. The van der Waals surface area contributed by atoms with E-state index in [0.717, 1.165) is 19.3 Å². The van der Waals surface area contributed by atoms with E-state index in [1.165, 1.54) is 34.1 Å². The van der Waals surface area contributed by atoms with Crippen molar-refractivity contribution in [2.24, 2.45) is 5.92 Å². The average molecular weight is 339 g/mol. The number of H-pyrrole nitrogens is 1. The number of aryl methyl sites for hydroxylation is 1. The lowest BCUT2D eigenvalue weighted by atomic mass is 9.89. The van der Waals surface area contributed by atoms with Crippen LogP contribution in [0.1, 0.15) is 23.2 Å². The molecule has 26 heavy (non-hydrogen) atoms. The summed E-state index contributed by atoms with van der Waals surface area (Å²) in [7, 11) is 0. The van der Waals surface area contributed by atoms with Crippen LogP contribution in [0, 0.1) is 5.92 Å². The maximum Gasteiger partial charge on any atom is 0.0456 e. The van der Waals surface area contributed by atoms with Crippen molar-refractivity contribution in [3.8, 4) is 0 Å². The Kier molecular flexibility index (Phi) is 5.16. The second-order valence-electron chi connectivity index (χ2n) is 7.17. The Morgan fingerprint density at radius 3 is 2.04 bits per heavy atom. The Balaban J connectivity index is 1.50. The van der Waals surface area contributed by atoms with Crippen LogP contribution in [0.2, 0.25) is 0 Å². The lowest BCUT2D eigenvalue weighted by Crippen LogP contribution is -2.10. The number of para-hydroxylation sites is 1. The minimum absolute atomic E-state index is 0.630. The van der Waals surface area contributed by atoms with Crippen LogP contribution < -0.4 is 0 Å². The highest BCUT2D eigenvalue weighted by molar-refractivity contribution is 5.80. The molecule has 0 amide bonds. The van der Waals surface area contributed by atoms with Crippen molar-refractivity contribution < 1.29 is 0 Å². The zero-order valence-corrected chi connectivity index (χ0v) is 15.1. The first-order valence-electron chi connectivity index (χ1n) is 9.51. The van der Waals surface area contributed by atoms with E-state index in [-0.39, 0.29) is 0 Å². The summed E-state index contributed by atoms with van der Waals surface area (Å²) in [5, 5.41) is 1.31. The molecule has 3 aromatic carbocycles. The van der Waals surface area contributed by atoms with Crippen LogP contribution in [0.15, 0.2) is 91.0 Å². The van der Waals surface area contributed by atoms with Crippen molar-refractivity contribution >= 4 is 10.9 Å². The molecule has 0 aliphatic carbocycles. The molecule has 1 heterocycles. The molecular weight excluding hydrogens is 314 g/mol. The molecule has 1 unspecified atom stereocenters. The maximum atomic E-state index is 3.61. The molecule has 1 atom stereocenters. The van der Waals surface area contributed by atoms with Crippen molar-refractivity contribution in [2.45, 2.75) is 25.7 Å². The molecule has 0 bridgehead atoms. The van der Waals surface area contributed by atoms with Gasteiger partial charge in [0.1, 0.15) is 0 Å². The smallest absolute Gasteiger partial charge is 0.0456 e. The number of fused-ring (bicyclic) bond motifs is 1. The number of hydrogen-bond acceptors (Lipinski definition) is 0. The van der Waals surface area contributed by atoms with Crippen LogP contribution in [0.5, 0.6) is 0 Å². The number of benzene rings is 3. The molecule has 0 fully saturated rings. The summed E-state index contributed by atoms with van der Waals surface area (Å²) in [5.74, 6) is 0.630. The minimum Gasteiger partial charge on any atom is -0.358 e. The largest absolute Gasteiger partial charge is 0.358 e. The van der Waals surface area contributed by atoms with Gasteiger partial charge in [-0.15, -0.1) is 0 Å². The first-order chi connectivity index (χ1) is 12.9. The summed E-state index contributed by atoms with van der Waals surface area (Å²) in [6, 6.07) is 32.6. The van der Waals surface area contributed by atoms with Crippen molar-refractivity contribution in [3.05, 3.63) is 108 Å². The second-order valence-corrected chi connectivity index (χ2v) is 7.17. The Morgan fingerprint density at radius 2 is 1.31 bits per heavy atom. The van der Waals surface area contributed by atoms with E-state index >= 15 is 0 Å². The van der Waals surface area contributed by atoms with Crippen LogP contribution in [0.25, 0.3) is 10.9 Å². The van der Waals surface area contributed by atoms with Gasteiger partial charge in [0.05, 0.1) is 0 Å². The van der Waals surface area contributed by atoms with E-state index in [2.05, 4.69) is 96.0 Å². The summed E-state index contributed by atoms with van der Waals surface area (Å²) in [6.07, 6.45) is 4.56. The fraction of sp³-hybridized carbons (Fsp3) is 0.200. The Bertz CT molecular complexity index is 904. The molecule has 0 aliphatic heterocycles. The number of aromatic amines is 1. The molecule has 4 rings (SSSR count). The Morgan fingerprint density at radius 1 is 0.654 bits per heavy atom. The third kappa shape index (κ3) is 4.23. The van der Waals surface area contributed by atoms with Crippen LogP contribution in [-0.2, 0) is 19.3 Å². The van der Waals surface area contributed by atoms with Gasteiger partial charge in [0, 0.05) is 11.2 Å². The van der Waals surface area contributed by atoms with Crippen LogP contribution >= 0.6 is 0 Å². The third-order valence-corrected chi connectivity index (χ3v) is 5.15. The third-order valence-electron chi connectivity index (χ3n) is 5.15. The number of nitrogens with one attached hydrogen (secondary N) is 1. The highest BCUT2D eigenvalue weighted by Gasteiger charge is 2.13. The molecule has 1 nitrogen and oxygen atoms in total. The lowest BCUT2D eigenvalue weighted by Gasteiger charge is -2.17. The van der Waals surface area contributed by atoms with Crippen molar-refractivity contribution in [1.82, 2.24) is 4.98 Å². The summed E-state index contributed by atoms with van der Waals surface area (Å²) in [5.41, 5.74) is 5.45. The normalized spacial score (nSPS) is 12.3. The summed E-state index contributed by atoms with van der Waals surface area (Å²) < 4.78 is 0. The number of hydrogen-bond donors (Lipinski definition) is 1. The van der Waals surface area contributed by atoms with Gasteiger partial charge in [-0.3, -0.25) is 0 Å². The molecule has 1 aromatic heterocycles. The molecule has 0 saturated carbocycles. The molecule has 0 spiro atoms. The lowest BCUT2D eigenvalue weighted by molar-refractivity contribution is 0.476. The van der Waals surface area contributed by atoms with Crippen molar-refractivity contribution in [3.63, 3.8) is 0 Å². The molecule has 1 heteroatoms. The van der Waals surface area contributed by atoms with Gasteiger partial charge in [-0.2, -0.15) is 0 Å². The maximum absolute atomic E-state index is 3.61. The fourth-order valence-corrected chi connectivity index (χ4v) is 3.79. The van der Waals surface area contributed by atoms with E-state index in [9.17, 15) is 0 Å². The first-order valence-corrected chi connectivity index (χ1v) is 9.51. The monoisotopic (exact) mass is 339 g/mol. The molecule has 0 radical (unpaired) electrons. The van der Waals surface area contributed by atoms with Gasteiger partial charge in [-0.25, -0.2) is 0 Å². The van der Waals surface area contributed by atoms with Gasteiger partial charge in [-0.05, 0) is 60.2 Å². The van der Waals surface area contributed by atoms with E-state index in [1.807, 2.05) is 0 Å². The molecule has 130 valence electrons. The van der Waals surface area contributed by atoms with E-state index in [1.54, 1.807) is 0 Å². The van der Waals surface area contributed by atoms with Gasteiger partial charge in [0.2, 0.25) is 0 Å². The van der Waals surface area contributed by atoms with Gasteiger partial charge < -0.3 is 4.98 Å². The van der Waals surface area contributed by atoms with Crippen LogP contribution in [-0.4, -0.2) is 4.98 Å². The van der Waals surface area contributed by atoms with Gasteiger partial charge in [-0.1, -0.05) is 78.9 Å². The minimum atomic E-state index is 0.630. The SMILES string of the molecule is c1ccc(CCC(Cc2ccccc2)Cc2cc3ccccc3[nH]2)cc1. The predicted molar refractivity (Wildman–Crippen MR) is 110 cm³/mol. The molecule has 1 N–H and O–H groups in total. The van der Waals surface area contributed by atoms with Gasteiger partial charge in [0.15, 0.2) is 0 Å². The quantitative estimate of drug-likeness (QED) is 0.412. The van der Waals surface area contributed by atoms with E-state index in [4.69, 9.17) is 0 Å². The number of rotatable bonds is 7. The van der Waals surface area contributed by atoms with Crippen molar-refractivity contribution in [2.75, 3.05) is 0 Å². The van der Waals surface area contributed by atoms with Gasteiger partial charge >= 0.3 is 0 Å². The van der Waals surface area contributed by atoms with Crippen LogP contribution in [0.3, 0.4) is 0 Å². The Labute approximate surface area is 155 Å². The van der Waals surface area contributed by atoms with E-state index in [0.29, 0.717) is 5.92 Å². The average Bonchev–Trinajstić information content (AvgIpc) is 3.10. The van der Waals surface area contributed by atoms with Crippen LogP contribution in [0.4, 0.5) is 0 Å². The first kappa shape index (κ1) is 16.7. The molecule has 4 aromatic rings. The Hall–Kier alpha value is -2.80. The summed E-state index contributed by atoms with van der Waals surface area (Å²) in [4.78, 5) is 3.61. The highest BCUT2D eigenvalue weighted by Crippen LogP contribution is 2.23. The standard InChI is InChI=1S/C25H25N/c1-3-9-20(10-4-1)15-16-22(17-21-11-5-2-6-12-21)18-24-19-23-13-7-8-14-25(23)26-24/h1-14,19,22,26H,15-18H2. The summed E-state index contributed by atoms with van der Waals surface area (Å²) in [6.45, 7) is 0. The molecular formula is C25H25N.